The van der Waals surface area contributed by atoms with Crippen molar-refractivity contribution in [1.29, 1.82) is 0 Å². The average Bonchev–Trinajstić information content (AvgIpc) is 2.20. The largest absolute Gasteiger partial charge is 0.478 e. The van der Waals surface area contributed by atoms with Crippen molar-refractivity contribution in [3.8, 4) is 0 Å². The van der Waals surface area contributed by atoms with E-state index in [4.69, 9.17) is 5.11 Å². The number of nitrogens with one attached hydrogen (secondary N) is 1. The lowest BCUT2D eigenvalue weighted by molar-refractivity contribution is -0.115. The molecule has 0 aliphatic heterocycles. The van der Waals surface area contributed by atoms with Gasteiger partial charge in [0.25, 0.3) is 0 Å². The topological polar surface area (TPSA) is 66.4 Å². The number of hydrogen-bond acceptors (Lipinski definition) is 2. The highest BCUT2D eigenvalue weighted by molar-refractivity contribution is 14.1. The van der Waals surface area contributed by atoms with Crippen LogP contribution in [0.2, 0.25) is 0 Å². The molecule has 80 valence electrons. The molecular formula is C10H10INO3. The van der Waals surface area contributed by atoms with Crippen LogP contribution in [0, 0.1) is 3.57 Å². The highest BCUT2D eigenvalue weighted by atomic mass is 127. The number of aromatic carboxylic acids is 1. The van der Waals surface area contributed by atoms with Crippen LogP contribution in [0.1, 0.15) is 23.7 Å². The lowest BCUT2D eigenvalue weighted by Gasteiger charge is -2.07. The first kappa shape index (κ1) is 12.0. The Hall–Kier alpha value is -1.11. The number of anilines is 1. The number of carbonyl (C=O) groups is 2. The van der Waals surface area contributed by atoms with E-state index >= 15 is 0 Å². The molecular weight excluding hydrogens is 309 g/mol. The number of carboxylic acid groups (broad SMARTS) is 1. The molecule has 15 heavy (non-hydrogen) atoms. The van der Waals surface area contributed by atoms with Gasteiger partial charge in [0.15, 0.2) is 0 Å². The van der Waals surface area contributed by atoms with E-state index in [9.17, 15) is 9.59 Å². The summed E-state index contributed by atoms with van der Waals surface area (Å²) in [6.07, 6.45) is 0.324. The van der Waals surface area contributed by atoms with Gasteiger partial charge >= 0.3 is 5.97 Å². The number of halogens is 1. The van der Waals surface area contributed by atoms with Crippen LogP contribution in [0.25, 0.3) is 0 Å². The molecule has 0 saturated heterocycles. The Bertz CT molecular complexity index is 404. The van der Waals surface area contributed by atoms with Gasteiger partial charge in [-0.1, -0.05) is 6.92 Å². The molecule has 1 aromatic carbocycles. The van der Waals surface area contributed by atoms with Crippen LogP contribution in [0.3, 0.4) is 0 Å². The smallest absolute Gasteiger partial charge is 0.337 e. The van der Waals surface area contributed by atoms with Gasteiger partial charge in [-0.15, -0.1) is 0 Å². The molecule has 0 spiro atoms. The average molecular weight is 319 g/mol. The minimum Gasteiger partial charge on any atom is -0.478 e. The van der Waals surface area contributed by atoms with Crippen molar-refractivity contribution < 1.29 is 14.7 Å². The molecule has 0 aliphatic rings. The fraction of sp³-hybridized carbons (Fsp3) is 0.200. The molecule has 0 unspecified atom stereocenters. The zero-order valence-corrected chi connectivity index (χ0v) is 10.2. The van der Waals surface area contributed by atoms with Gasteiger partial charge < -0.3 is 10.4 Å². The standard InChI is InChI=1S/C10H10INO3/c1-2-9(13)12-8-4-3-6(11)5-7(8)10(14)15/h3-5H,2H2,1H3,(H,12,13)(H,14,15). The maximum Gasteiger partial charge on any atom is 0.337 e. The van der Waals surface area contributed by atoms with Crippen molar-refractivity contribution in [1.82, 2.24) is 0 Å². The lowest BCUT2D eigenvalue weighted by atomic mass is 10.2. The van der Waals surface area contributed by atoms with E-state index < -0.39 is 5.97 Å². The molecule has 2 N–H and O–H groups in total. The van der Waals surface area contributed by atoms with Gasteiger partial charge in [0.2, 0.25) is 5.91 Å². The molecule has 1 aromatic rings. The first-order valence-electron chi connectivity index (χ1n) is 4.37. The second-order valence-corrected chi connectivity index (χ2v) is 4.14. The number of benzene rings is 1. The first-order chi connectivity index (χ1) is 7.04. The van der Waals surface area contributed by atoms with Gasteiger partial charge in [0.1, 0.15) is 0 Å². The summed E-state index contributed by atoms with van der Waals surface area (Å²) in [7, 11) is 0. The molecule has 4 nitrogen and oxygen atoms in total. The predicted molar refractivity (Wildman–Crippen MR) is 65.0 cm³/mol. The van der Waals surface area contributed by atoms with E-state index in [1.165, 1.54) is 6.07 Å². The molecule has 0 aromatic heterocycles. The quantitative estimate of drug-likeness (QED) is 0.841. The van der Waals surface area contributed by atoms with Crippen LogP contribution in [-0.2, 0) is 4.79 Å². The third kappa shape index (κ3) is 3.19. The van der Waals surface area contributed by atoms with E-state index in [1.807, 2.05) is 22.6 Å². The van der Waals surface area contributed by atoms with Gasteiger partial charge in [-0.2, -0.15) is 0 Å². The molecule has 0 atom stereocenters. The number of carbonyl (C=O) groups excluding carboxylic acids is 1. The van der Waals surface area contributed by atoms with Crippen molar-refractivity contribution in [2.75, 3.05) is 5.32 Å². The minimum absolute atomic E-state index is 0.115. The first-order valence-corrected chi connectivity index (χ1v) is 5.45. The van der Waals surface area contributed by atoms with Crippen LogP contribution in [0.4, 0.5) is 5.69 Å². The van der Waals surface area contributed by atoms with Gasteiger partial charge in [0, 0.05) is 9.99 Å². The monoisotopic (exact) mass is 319 g/mol. The Labute approximate surface area is 101 Å². The molecule has 0 saturated carbocycles. The third-order valence-corrected chi connectivity index (χ3v) is 2.48. The third-order valence-electron chi connectivity index (χ3n) is 1.81. The molecule has 0 radical (unpaired) electrons. The summed E-state index contributed by atoms with van der Waals surface area (Å²) in [6, 6.07) is 4.87. The van der Waals surface area contributed by atoms with E-state index in [-0.39, 0.29) is 11.5 Å². The normalized spacial score (nSPS) is 9.73. The zero-order valence-electron chi connectivity index (χ0n) is 8.08. The summed E-state index contributed by atoms with van der Waals surface area (Å²) < 4.78 is 0.819. The lowest BCUT2D eigenvalue weighted by Crippen LogP contribution is -2.13. The Morgan fingerprint density at radius 3 is 2.67 bits per heavy atom. The van der Waals surface area contributed by atoms with Gasteiger partial charge in [0.05, 0.1) is 11.3 Å². The fourth-order valence-electron chi connectivity index (χ4n) is 1.04. The van der Waals surface area contributed by atoms with Gasteiger partial charge in [-0.05, 0) is 40.8 Å². The Balaban J connectivity index is 3.06. The van der Waals surface area contributed by atoms with Crippen LogP contribution >= 0.6 is 22.6 Å². The van der Waals surface area contributed by atoms with E-state index in [0.717, 1.165) is 3.57 Å². The second-order valence-electron chi connectivity index (χ2n) is 2.90. The fourth-order valence-corrected chi connectivity index (χ4v) is 1.53. The van der Waals surface area contributed by atoms with E-state index in [2.05, 4.69) is 5.32 Å². The van der Waals surface area contributed by atoms with Crippen molar-refractivity contribution in [2.24, 2.45) is 0 Å². The zero-order chi connectivity index (χ0) is 11.4. The Kier molecular flexibility index (Phi) is 4.07. The number of amides is 1. The SMILES string of the molecule is CCC(=O)Nc1ccc(I)cc1C(=O)O. The molecule has 5 heteroatoms. The van der Waals surface area contributed by atoms with Gasteiger partial charge in [-0.3, -0.25) is 4.79 Å². The molecule has 0 heterocycles. The number of rotatable bonds is 3. The highest BCUT2D eigenvalue weighted by Gasteiger charge is 2.11. The van der Waals surface area contributed by atoms with E-state index in [1.54, 1.807) is 19.1 Å². The van der Waals surface area contributed by atoms with Crippen molar-refractivity contribution >= 4 is 40.2 Å². The number of hydrogen-bond donors (Lipinski definition) is 2. The highest BCUT2D eigenvalue weighted by Crippen LogP contribution is 2.19. The summed E-state index contributed by atoms with van der Waals surface area (Å²) in [5, 5.41) is 11.5. The minimum atomic E-state index is -1.04. The molecule has 1 amide bonds. The summed E-state index contributed by atoms with van der Waals surface area (Å²) in [6.45, 7) is 1.71. The summed E-state index contributed by atoms with van der Waals surface area (Å²) >= 11 is 2.02. The van der Waals surface area contributed by atoms with Crippen LogP contribution in [0.15, 0.2) is 18.2 Å². The number of carboxylic acids is 1. The molecule has 0 aliphatic carbocycles. The molecule has 0 fully saturated rings. The van der Waals surface area contributed by atoms with E-state index in [0.29, 0.717) is 12.1 Å². The van der Waals surface area contributed by atoms with Crippen LogP contribution in [-0.4, -0.2) is 17.0 Å². The van der Waals surface area contributed by atoms with Crippen molar-refractivity contribution in [3.63, 3.8) is 0 Å². The molecule has 1 rings (SSSR count). The van der Waals surface area contributed by atoms with Crippen LogP contribution in [0.5, 0.6) is 0 Å². The maximum atomic E-state index is 11.1. The Morgan fingerprint density at radius 1 is 1.47 bits per heavy atom. The van der Waals surface area contributed by atoms with Crippen molar-refractivity contribution in [3.05, 3.63) is 27.3 Å². The Morgan fingerprint density at radius 2 is 2.13 bits per heavy atom. The van der Waals surface area contributed by atoms with Crippen LogP contribution < -0.4 is 5.32 Å². The summed E-state index contributed by atoms with van der Waals surface area (Å²) in [5.41, 5.74) is 0.457. The second kappa shape index (κ2) is 5.11. The molecule has 0 bridgehead atoms. The maximum absolute atomic E-state index is 11.1. The predicted octanol–water partition coefficient (Wildman–Crippen LogP) is 2.34. The van der Waals surface area contributed by atoms with Crippen molar-refractivity contribution in [2.45, 2.75) is 13.3 Å². The summed E-state index contributed by atoms with van der Waals surface area (Å²) in [5.74, 6) is -1.24. The van der Waals surface area contributed by atoms with Gasteiger partial charge in [-0.25, -0.2) is 4.79 Å². The summed E-state index contributed by atoms with van der Waals surface area (Å²) in [4.78, 5) is 22.0.